The molecule has 1 N–H and O–H groups in total. The minimum Gasteiger partial charge on any atom is -0.478 e. The summed E-state index contributed by atoms with van der Waals surface area (Å²) >= 11 is 0. The average Bonchev–Trinajstić information content (AvgIpc) is 2.59. The van der Waals surface area contributed by atoms with Crippen molar-refractivity contribution in [1.82, 2.24) is 9.38 Å². The predicted octanol–water partition coefficient (Wildman–Crippen LogP) is 2.16. The van der Waals surface area contributed by atoms with Crippen LogP contribution in [0.4, 0.5) is 0 Å². The Hall–Kier alpha value is -1.84. The highest BCUT2D eigenvalue weighted by Gasteiger charge is 2.09. The zero-order valence-electron chi connectivity index (χ0n) is 8.64. The predicted molar refractivity (Wildman–Crippen MR) is 56.2 cm³/mol. The molecule has 0 aromatic carbocycles. The Morgan fingerprint density at radius 3 is 2.80 bits per heavy atom. The van der Waals surface area contributed by atoms with Crippen molar-refractivity contribution in [3.63, 3.8) is 0 Å². The summed E-state index contributed by atoms with van der Waals surface area (Å²) in [7, 11) is 0. The molecule has 2 aromatic rings. The first kappa shape index (κ1) is 9.71. The lowest BCUT2D eigenvalue weighted by molar-refractivity contribution is 0.0696. The maximum Gasteiger partial charge on any atom is 0.337 e. The van der Waals surface area contributed by atoms with Crippen molar-refractivity contribution in [2.24, 2.45) is 0 Å². The van der Waals surface area contributed by atoms with Crippen LogP contribution < -0.4 is 0 Å². The van der Waals surface area contributed by atoms with E-state index in [0.717, 1.165) is 11.3 Å². The molecule has 15 heavy (non-hydrogen) atoms. The second-order valence-corrected chi connectivity index (χ2v) is 3.79. The quantitative estimate of drug-likeness (QED) is 0.815. The third kappa shape index (κ3) is 1.58. The van der Waals surface area contributed by atoms with Crippen LogP contribution in [-0.2, 0) is 0 Å². The van der Waals surface area contributed by atoms with Crippen molar-refractivity contribution in [3.05, 3.63) is 35.9 Å². The normalized spacial score (nSPS) is 11.1. The van der Waals surface area contributed by atoms with Gasteiger partial charge in [-0.1, -0.05) is 13.8 Å². The Balaban J connectivity index is 2.66. The smallest absolute Gasteiger partial charge is 0.337 e. The molecule has 0 saturated heterocycles. The van der Waals surface area contributed by atoms with Crippen LogP contribution in [0.2, 0.25) is 0 Å². The average molecular weight is 204 g/mol. The lowest BCUT2D eigenvalue weighted by atomic mass is 10.2. The van der Waals surface area contributed by atoms with Crippen LogP contribution in [0.15, 0.2) is 24.5 Å². The zero-order chi connectivity index (χ0) is 11.0. The molecular formula is C11H12N2O2. The number of hydrogen-bond donors (Lipinski definition) is 1. The molecule has 2 rings (SSSR count). The first-order valence-electron chi connectivity index (χ1n) is 4.80. The molecule has 0 saturated carbocycles. The summed E-state index contributed by atoms with van der Waals surface area (Å²) in [6.45, 7) is 4.06. The Morgan fingerprint density at radius 2 is 2.20 bits per heavy atom. The van der Waals surface area contributed by atoms with E-state index in [4.69, 9.17) is 5.11 Å². The number of nitrogens with zero attached hydrogens (tertiary/aromatic N) is 2. The van der Waals surface area contributed by atoms with Gasteiger partial charge in [0.2, 0.25) is 0 Å². The topological polar surface area (TPSA) is 54.6 Å². The molecule has 0 aliphatic rings. The number of aromatic nitrogens is 2. The summed E-state index contributed by atoms with van der Waals surface area (Å²) in [6.07, 6.45) is 3.36. The van der Waals surface area contributed by atoms with E-state index in [1.165, 1.54) is 0 Å². The van der Waals surface area contributed by atoms with Gasteiger partial charge < -0.3 is 9.51 Å². The summed E-state index contributed by atoms with van der Waals surface area (Å²) in [6, 6.07) is 3.35. The summed E-state index contributed by atoms with van der Waals surface area (Å²) < 4.78 is 1.83. The van der Waals surface area contributed by atoms with E-state index in [1.807, 2.05) is 18.2 Å². The monoisotopic (exact) mass is 204 g/mol. The molecule has 4 heteroatoms. The van der Waals surface area contributed by atoms with E-state index in [2.05, 4.69) is 4.98 Å². The Morgan fingerprint density at radius 1 is 1.47 bits per heavy atom. The summed E-state index contributed by atoms with van der Waals surface area (Å²) in [5, 5.41) is 8.88. The molecule has 2 heterocycles. The van der Waals surface area contributed by atoms with Crippen LogP contribution in [-0.4, -0.2) is 20.5 Å². The molecule has 0 aliphatic carbocycles. The fraction of sp³-hybridized carbons (Fsp3) is 0.273. The molecule has 0 amide bonds. The number of pyridine rings is 1. The van der Waals surface area contributed by atoms with Crippen LogP contribution in [0.3, 0.4) is 0 Å². The molecule has 78 valence electrons. The first-order valence-corrected chi connectivity index (χ1v) is 4.80. The third-order valence-electron chi connectivity index (χ3n) is 2.32. The molecule has 0 bridgehead atoms. The molecular weight excluding hydrogens is 192 g/mol. The van der Waals surface area contributed by atoms with Crippen LogP contribution in [0.5, 0.6) is 0 Å². The number of carboxylic acids is 1. The Kier molecular flexibility index (Phi) is 2.19. The SMILES string of the molecule is CC(C)c1ncc2ccc(C(=O)O)cn12. The van der Waals surface area contributed by atoms with E-state index < -0.39 is 5.97 Å². The van der Waals surface area contributed by atoms with Crippen LogP contribution >= 0.6 is 0 Å². The van der Waals surface area contributed by atoms with Crippen molar-refractivity contribution in [2.45, 2.75) is 19.8 Å². The molecule has 4 nitrogen and oxygen atoms in total. The molecule has 2 aromatic heterocycles. The minimum absolute atomic E-state index is 0.275. The fourth-order valence-electron chi connectivity index (χ4n) is 1.56. The van der Waals surface area contributed by atoms with E-state index in [9.17, 15) is 4.79 Å². The second-order valence-electron chi connectivity index (χ2n) is 3.79. The number of carboxylic acid groups (broad SMARTS) is 1. The zero-order valence-corrected chi connectivity index (χ0v) is 8.64. The molecule has 0 unspecified atom stereocenters. The molecule has 0 aliphatic heterocycles. The van der Waals surface area contributed by atoms with E-state index >= 15 is 0 Å². The van der Waals surface area contributed by atoms with Gasteiger partial charge in [0.25, 0.3) is 0 Å². The largest absolute Gasteiger partial charge is 0.478 e. The number of aromatic carboxylic acids is 1. The number of fused-ring (bicyclic) bond motifs is 1. The first-order chi connectivity index (χ1) is 7.09. The van der Waals surface area contributed by atoms with Crippen molar-refractivity contribution in [2.75, 3.05) is 0 Å². The van der Waals surface area contributed by atoms with E-state index in [0.29, 0.717) is 0 Å². The number of carbonyl (C=O) groups is 1. The van der Waals surface area contributed by atoms with Crippen molar-refractivity contribution >= 4 is 11.5 Å². The molecule has 0 spiro atoms. The van der Waals surface area contributed by atoms with Crippen molar-refractivity contribution in [1.29, 1.82) is 0 Å². The fourth-order valence-corrected chi connectivity index (χ4v) is 1.56. The molecule has 0 radical (unpaired) electrons. The maximum absolute atomic E-state index is 10.8. The van der Waals surface area contributed by atoms with Gasteiger partial charge in [-0.25, -0.2) is 9.78 Å². The Bertz CT molecular complexity index is 514. The number of hydrogen-bond acceptors (Lipinski definition) is 2. The highest BCUT2D eigenvalue weighted by Crippen LogP contribution is 2.16. The van der Waals surface area contributed by atoms with Gasteiger partial charge in [-0.2, -0.15) is 0 Å². The lowest BCUT2D eigenvalue weighted by Gasteiger charge is -2.04. The Labute approximate surface area is 87.2 Å². The minimum atomic E-state index is -0.916. The number of rotatable bonds is 2. The summed E-state index contributed by atoms with van der Waals surface area (Å²) in [5.74, 6) is 0.241. The van der Waals surface area contributed by atoms with Gasteiger partial charge in [0.15, 0.2) is 0 Å². The van der Waals surface area contributed by atoms with Crippen LogP contribution in [0.1, 0.15) is 35.9 Å². The van der Waals surface area contributed by atoms with E-state index in [-0.39, 0.29) is 11.5 Å². The summed E-state index contributed by atoms with van der Waals surface area (Å²) in [4.78, 5) is 15.1. The molecule has 0 fully saturated rings. The second kappa shape index (κ2) is 3.38. The van der Waals surface area contributed by atoms with Crippen LogP contribution in [0, 0.1) is 0 Å². The standard InChI is InChI=1S/C11H12N2O2/c1-7(2)10-12-5-9-4-3-8(11(14)15)6-13(9)10/h3-7H,1-2H3,(H,14,15). The van der Waals surface area contributed by atoms with Gasteiger partial charge in [0.05, 0.1) is 17.3 Å². The van der Waals surface area contributed by atoms with Gasteiger partial charge in [-0.3, -0.25) is 0 Å². The van der Waals surface area contributed by atoms with Gasteiger partial charge in [-0.05, 0) is 12.1 Å². The van der Waals surface area contributed by atoms with Crippen LogP contribution in [0.25, 0.3) is 5.52 Å². The highest BCUT2D eigenvalue weighted by atomic mass is 16.4. The van der Waals surface area contributed by atoms with E-state index in [1.54, 1.807) is 24.5 Å². The van der Waals surface area contributed by atoms with Gasteiger partial charge in [-0.15, -0.1) is 0 Å². The highest BCUT2D eigenvalue weighted by molar-refractivity contribution is 5.87. The lowest BCUT2D eigenvalue weighted by Crippen LogP contribution is -2.02. The summed E-state index contributed by atoms with van der Waals surface area (Å²) in [5.41, 5.74) is 1.20. The van der Waals surface area contributed by atoms with Gasteiger partial charge >= 0.3 is 5.97 Å². The third-order valence-corrected chi connectivity index (χ3v) is 2.32. The van der Waals surface area contributed by atoms with Crippen molar-refractivity contribution < 1.29 is 9.90 Å². The molecule has 0 atom stereocenters. The van der Waals surface area contributed by atoms with Gasteiger partial charge in [0.1, 0.15) is 5.82 Å². The van der Waals surface area contributed by atoms with Gasteiger partial charge in [0, 0.05) is 12.1 Å². The maximum atomic E-state index is 10.8. The van der Waals surface area contributed by atoms with Crippen molar-refractivity contribution in [3.8, 4) is 0 Å². The number of imidazole rings is 1.